The molecule has 0 bridgehead atoms. The predicted octanol–water partition coefficient (Wildman–Crippen LogP) is 2.13. The van der Waals surface area contributed by atoms with Crippen molar-refractivity contribution in [2.45, 2.75) is 50.9 Å². The van der Waals surface area contributed by atoms with E-state index in [1.165, 1.54) is 64.8 Å². The molecule has 3 fully saturated rings. The van der Waals surface area contributed by atoms with Crippen LogP contribution in [0.4, 0.5) is 0 Å². The molecule has 116 valence electrons. The van der Waals surface area contributed by atoms with Gasteiger partial charge in [-0.2, -0.15) is 4.98 Å². The minimum Gasteiger partial charge on any atom is -0.339 e. The smallest absolute Gasteiger partial charge is 0.229 e. The molecule has 1 N–H and O–H groups in total. The van der Waals surface area contributed by atoms with E-state index >= 15 is 0 Å². The van der Waals surface area contributed by atoms with Crippen molar-refractivity contribution >= 4 is 0 Å². The van der Waals surface area contributed by atoms with Crippen LogP contribution in [0.15, 0.2) is 4.52 Å². The van der Waals surface area contributed by atoms with Gasteiger partial charge >= 0.3 is 0 Å². The summed E-state index contributed by atoms with van der Waals surface area (Å²) in [5.74, 6) is 2.93. The molecule has 4 rings (SSSR count). The molecular weight excluding hydrogens is 264 g/mol. The maximum atomic E-state index is 5.41. The van der Waals surface area contributed by atoms with Crippen molar-refractivity contribution in [2.24, 2.45) is 5.41 Å². The van der Waals surface area contributed by atoms with Crippen LogP contribution in [0.3, 0.4) is 0 Å². The monoisotopic (exact) mass is 290 g/mol. The van der Waals surface area contributed by atoms with Crippen molar-refractivity contribution in [2.75, 3.05) is 32.7 Å². The number of aromatic nitrogens is 2. The molecule has 0 radical (unpaired) electrons. The first kappa shape index (κ1) is 13.7. The van der Waals surface area contributed by atoms with Gasteiger partial charge in [0.15, 0.2) is 5.82 Å². The maximum absolute atomic E-state index is 5.41. The van der Waals surface area contributed by atoms with E-state index in [-0.39, 0.29) is 0 Å². The zero-order valence-corrected chi connectivity index (χ0v) is 13.0. The highest BCUT2D eigenvalue weighted by atomic mass is 16.5. The molecule has 1 unspecified atom stereocenters. The first-order chi connectivity index (χ1) is 10.2. The Labute approximate surface area is 126 Å². The zero-order chi connectivity index (χ0) is 14.3. The lowest BCUT2D eigenvalue weighted by Crippen LogP contribution is -2.41. The van der Waals surface area contributed by atoms with Crippen molar-refractivity contribution in [3.8, 4) is 0 Å². The van der Waals surface area contributed by atoms with E-state index in [1.54, 1.807) is 0 Å². The van der Waals surface area contributed by atoms with E-state index in [2.05, 4.69) is 27.3 Å². The molecule has 1 saturated carbocycles. The third-order valence-electron chi connectivity index (χ3n) is 5.40. The number of piperidine rings is 1. The fourth-order valence-corrected chi connectivity index (χ4v) is 3.80. The summed E-state index contributed by atoms with van der Waals surface area (Å²) in [5, 5.41) is 7.73. The van der Waals surface area contributed by atoms with Gasteiger partial charge in [0, 0.05) is 24.9 Å². The fraction of sp³-hybridized carbons (Fsp3) is 0.875. The van der Waals surface area contributed by atoms with Gasteiger partial charge in [-0.25, -0.2) is 0 Å². The first-order valence-electron chi connectivity index (χ1n) is 8.48. The van der Waals surface area contributed by atoms with Crippen LogP contribution in [0.1, 0.15) is 62.6 Å². The van der Waals surface area contributed by atoms with Crippen LogP contribution in [0, 0.1) is 5.41 Å². The van der Waals surface area contributed by atoms with Gasteiger partial charge in [0.25, 0.3) is 0 Å². The molecule has 3 aliphatic rings. The van der Waals surface area contributed by atoms with Crippen LogP contribution >= 0.6 is 0 Å². The largest absolute Gasteiger partial charge is 0.339 e. The van der Waals surface area contributed by atoms with Gasteiger partial charge in [-0.3, -0.25) is 0 Å². The molecule has 0 aromatic carbocycles. The number of hydrogen-bond acceptors (Lipinski definition) is 5. The van der Waals surface area contributed by atoms with Crippen LogP contribution < -0.4 is 5.32 Å². The van der Waals surface area contributed by atoms with Gasteiger partial charge in [-0.1, -0.05) is 12.1 Å². The molecule has 2 saturated heterocycles. The lowest BCUT2D eigenvalue weighted by molar-refractivity contribution is 0.142. The van der Waals surface area contributed by atoms with Gasteiger partial charge in [0.1, 0.15) is 0 Å². The first-order valence-corrected chi connectivity index (χ1v) is 8.48. The molecule has 1 aromatic heterocycles. The Morgan fingerprint density at radius 2 is 2.05 bits per heavy atom. The second kappa shape index (κ2) is 5.36. The van der Waals surface area contributed by atoms with Gasteiger partial charge in [-0.15, -0.1) is 0 Å². The summed E-state index contributed by atoms with van der Waals surface area (Å²) in [5.41, 5.74) is 0.470. The van der Waals surface area contributed by atoms with E-state index in [0.29, 0.717) is 17.3 Å². The highest BCUT2D eigenvalue weighted by Gasteiger charge is 2.34. The average molecular weight is 290 g/mol. The summed E-state index contributed by atoms with van der Waals surface area (Å²) < 4.78 is 5.41. The normalized spacial score (nSPS) is 31.9. The number of nitrogens with zero attached hydrogens (tertiary/aromatic N) is 3. The SMILES string of the molecule is CC1(CN2CCC(c3noc(C4CC4)n3)CC2)CCNC1. The topological polar surface area (TPSA) is 54.2 Å². The number of hydrogen-bond donors (Lipinski definition) is 1. The molecule has 1 atom stereocenters. The van der Waals surface area contributed by atoms with Crippen LogP contribution in [0.25, 0.3) is 0 Å². The van der Waals surface area contributed by atoms with E-state index < -0.39 is 0 Å². The molecular formula is C16H26N4O. The average Bonchev–Trinajstić information content (AvgIpc) is 3.06. The van der Waals surface area contributed by atoms with Crippen molar-refractivity contribution in [1.29, 1.82) is 0 Å². The van der Waals surface area contributed by atoms with Gasteiger partial charge in [0.05, 0.1) is 0 Å². The minimum atomic E-state index is 0.470. The van der Waals surface area contributed by atoms with Gasteiger partial charge < -0.3 is 14.7 Å². The van der Waals surface area contributed by atoms with Crippen LogP contribution in [-0.4, -0.2) is 47.8 Å². The van der Waals surface area contributed by atoms with E-state index in [1.807, 2.05) is 0 Å². The quantitative estimate of drug-likeness (QED) is 0.920. The van der Waals surface area contributed by atoms with Gasteiger partial charge in [0.2, 0.25) is 5.89 Å². The van der Waals surface area contributed by atoms with E-state index in [9.17, 15) is 0 Å². The molecule has 5 heteroatoms. The van der Waals surface area contributed by atoms with Crippen LogP contribution in [0.5, 0.6) is 0 Å². The maximum Gasteiger partial charge on any atom is 0.229 e. The van der Waals surface area contributed by atoms with Crippen molar-refractivity contribution in [1.82, 2.24) is 20.4 Å². The molecule has 2 aliphatic heterocycles. The number of likely N-dealkylation sites (tertiary alicyclic amines) is 1. The van der Waals surface area contributed by atoms with Gasteiger partial charge in [-0.05, 0) is 57.2 Å². The predicted molar refractivity (Wildman–Crippen MR) is 80.3 cm³/mol. The minimum absolute atomic E-state index is 0.470. The van der Waals surface area contributed by atoms with Crippen LogP contribution in [-0.2, 0) is 0 Å². The van der Waals surface area contributed by atoms with E-state index in [4.69, 9.17) is 4.52 Å². The summed E-state index contributed by atoms with van der Waals surface area (Å²) in [4.78, 5) is 7.26. The Morgan fingerprint density at radius 1 is 1.24 bits per heavy atom. The van der Waals surface area contributed by atoms with Crippen molar-refractivity contribution in [3.63, 3.8) is 0 Å². The Bertz CT molecular complexity index is 482. The van der Waals surface area contributed by atoms with Crippen LogP contribution in [0.2, 0.25) is 0 Å². The second-order valence-electron chi connectivity index (χ2n) is 7.55. The summed E-state index contributed by atoms with van der Waals surface area (Å²) in [7, 11) is 0. The number of rotatable bonds is 4. The standard InChI is InChI=1S/C16H26N4O/c1-16(6-7-17-10-16)11-20-8-4-12(5-9-20)14-18-15(21-19-14)13-2-3-13/h12-13,17H,2-11H2,1H3. The second-order valence-corrected chi connectivity index (χ2v) is 7.55. The lowest BCUT2D eigenvalue weighted by atomic mass is 9.87. The zero-order valence-electron chi connectivity index (χ0n) is 13.0. The van der Waals surface area contributed by atoms with Crippen molar-refractivity contribution in [3.05, 3.63) is 11.7 Å². The summed E-state index contributed by atoms with van der Waals surface area (Å²) in [6, 6.07) is 0. The fourth-order valence-electron chi connectivity index (χ4n) is 3.80. The molecule has 3 heterocycles. The summed E-state index contributed by atoms with van der Waals surface area (Å²) >= 11 is 0. The Balaban J connectivity index is 1.31. The Kier molecular flexibility index (Phi) is 3.50. The van der Waals surface area contributed by atoms with E-state index in [0.717, 1.165) is 11.7 Å². The Hall–Kier alpha value is -0.940. The molecule has 21 heavy (non-hydrogen) atoms. The molecule has 0 amide bonds. The summed E-state index contributed by atoms with van der Waals surface area (Å²) in [6.07, 6.45) is 6.11. The molecule has 1 aromatic rings. The lowest BCUT2D eigenvalue weighted by Gasteiger charge is -2.36. The highest BCUT2D eigenvalue weighted by Crippen LogP contribution is 2.40. The molecule has 0 spiro atoms. The molecule has 1 aliphatic carbocycles. The highest BCUT2D eigenvalue weighted by molar-refractivity contribution is 5.05. The van der Waals surface area contributed by atoms with Crippen molar-refractivity contribution < 1.29 is 4.52 Å². The third kappa shape index (κ3) is 2.99. The Morgan fingerprint density at radius 3 is 2.71 bits per heavy atom. The number of nitrogens with one attached hydrogen (secondary N) is 1. The third-order valence-corrected chi connectivity index (χ3v) is 5.40. The summed E-state index contributed by atoms with van der Waals surface area (Å²) in [6.45, 7) is 8.34. The molecule has 5 nitrogen and oxygen atoms in total.